The third kappa shape index (κ3) is 4.00. The number of carbonyl (C=O) groups excluding carboxylic acids is 1. The Hall–Kier alpha value is -1.10. The summed E-state index contributed by atoms with van der Waals surface area (Å²) in [4.78, 5) is 22.9. The molecule has 98 valence electrons. The second-order valence-corrected chi connectivity index (χ2v) is 4.80. The number of hydrogen-bond donors (Lipinski definition) is 3. The number of carbonyl (C=O) groups is 2. The summed E-state index contributed by atoms with van der Waals surface area (Å²) in [5.74, 6) is -1.40. The van der Waals surface area contributed by atoms with Gasteiger partial charge in [0.1, 0.15) is 0 Å². The average molecular weight is 242 g/mol. The zero-order valence-corrected chi connectivity index (χ0v) is 10.5. The summed E-state index contributed by atoms with van der Waals surface area (Å²) in [5.41, 5.74) is 0. The van der Waals surface area contributed by atoms with E-state index >= 15 is 0 Å². The van der Waals surface area contributed by atoms with Gasteiger partial charge in [-0.3, -0.25) is 9.59 Å². The summed E-state index contributed by atoms with van der Waals surface area (Å²) < 4.78 is 0. The molecule has 1 aliphatic rings. The third-order valence-electron chi connectivity index (χ3n) is 3.37. The van der Waals surface area contributed by atoms with E-state index in [9.17, 15) is 9.59 Å². The van der Waals surface area contributed by atoms with Gasteiger partial charge in [0, 0.05) is 18.5 Å². The van der Waals surface area contributed by atoms with Crippen molar-refractivity contribution in [2.45, 2.75) is 38.6 Å². The Morgan fingerprint density at radius 1 is 1.35 bits per heavy atom. The molecule has 0 saturated heterocycles. The molecule has 1 aliphatic carbocycles. The van der Waals surface area contributed by atoms with Crippen LogP contribution in [0, 0.1) is 11.8 Å². The zero-order valence-electron chi connectivity index (χ0n) is 10.5. The molecule has 0 aromatic heterocycles. The van der Waals surface area contributed by atoms with E-state index in [1.165, 1.54) is 0 Å². The van der Waals surface area contributed by atoms with Crippen LogP contribution >= 0.6 is 0 Å². The fraction of sp³-hybridized carbons (Fsp3) is 0.833. The number of amides is 1. The van der Waals surface area contributed by atoms with Gasteiger partial charge in [0.15, 0.2) is 0 Å². The fourth-order valence-corrected chi connectivity index (χ4v) is 2.32. The Morgan fingerprint density at radius 2 is 2.00 bits per heavy atom. The molecule has 1 fully saturated rings. The van der Waals surface area contributed by atoms with E-state index in [1.807, 2.05) is 6.92 Å². The third-order valence-corrected chi connectivity index (χ3v) is 3.37. The molecule has 0 spiro atoms. The minimum atomic E-state index is -0.795. The lowest BCUT2D eigenvalue weighted by Crippen LogP contribution is -2.47. The second-order valence-electron chi connectivity index (χ2n) is 4.80. The molecule has 0 heterocycles. The molecule has 3 atom stereocenters. The van der Waals surface area contributed by atoms with E-state index < -0.39 is 11.9 Å². The lowest BCUT2D eigenvalue weighted by atomic mass is 9.84. The maximum atomic E-state index is 11.8. The Morgan fingerprint density at radius 3 is 2.59 bits per heavy atom. The summed E-state index contributed by atoms with van der Waals surface area (Å²) in [6, 6.07) is -0.201. The van der Waals surface area contributed by atoms with Crippen LogP contribution < -0.4 is 10.6 Å². The van der Waals surface area contributed by atoms with Gasteiger partial charge in [-0.15, -0.1) is 0 Å². The second kappa shape index (κ2) is 6.59. The highest BCUT2D eigenvalue weighted by atomic mass is 16.4. The zero-order chi connectivity index (χ0) is 12.8. The van der Waals surface area contributed by atoms with Crippen LogP contribution in [0.2, 0.25) is 0 Å². The molecule has 3 unspecified atom stereocenters. The van der Waals surface area contributed by atoms with Crippen molar-refractivity contribution >= 4 is 11.9 Å². The van der Waals surface area contributed by atoms with Crippen molar-refractivity contribution < 1.29 is 14.7 Å². The van der Waals surface area contributed by atoms with Crippen LogP contribution in [0.25, 0.3) is 0 Å². The van der Waals surface area contributed by atoms with Gasteiger partial charge in [0.05, 0.1) is 5.92 Å². The predicted molar refractivity (Wildman–Crippen MR) is 64.6 cm³/mol. The molecule has 0 aromatic rings. The molecule has 1 amide bonds. The van der Waals surface area contributed by atoms with Gasteiger partial charge in [-0.05, 0) is 19.9 Å². The first kappa shape index (κ1) is 14.0. The van der Waals surface area contributed by atoms with Crippen LogP contribution in [0.15, 0.2) is 0 Å². The van der Waals surface area contributed by atoms with E-state index in [2.05, 4.69) is 10.6 Å². The number of carboxylic acids is 1. The van der Waals surface area contributed by atoms with Gasteiger partial charge in [0.25, 0.3) is 0 Å². The largest absolute Gasteiger partial charge is 0.481 e. The monoisotopic (exact) mass is 242 g/mol. The topological polar surface area (TPSA) is 78.4 Å². The van der Waals surface area contributed by atoms with Crippen molar-refractivity contribution in [3.8, 4) is 0 Å². The number of aliphatic carboxylic acids is 1. The van der Waals surface area contributed by atoms with Crippen LogP contribution in [0.4, 0.5) is 0 Å². The standard InChI is InChI=1S/C12H22N2O3/c1-8(7-13-2)11(15)14-10-6-4-3-5-9(10)12(16)17/h8-10,13H,3-7H2,1-2H3,(H,14,15)(H,16,17). The van der Waals surface area contributed by atoms with Crippen LogP contribution in [-0.4, -0.2) is 36.6 Å². The van der Waals surface area contributed by atoms with Crippen LogP contribution in [0.1, 0.15) is 32.6 Å². The van der Waals surface area contributed by atoms with Gasteiger partial charge < -0.3 is 15.7 Å². The molecule has 17 heavy (non-hydrogen) atoms. The fourth-order valence-electron chi connectivity index (χ4n) is 2.32. The maximum Gasteiger partial charge on any atom is 0.308 e. The van der Waals surface area contributed by atoms with Crippen LogP contribution in [0.5, 0.6) is 0 Å². The molecule has 3 N–H and O–H groups in total. The van der Waals surface area contributed by atoms with E-state index in [0.717, 1.165) is 19.3 Å². The SMILES string of the molecule is CNCC(C)C(=O)NC1CCCCC1C(=O)O. The quantitative estimate of drug-likeness (QED) is 0.659. The lowest BCUT2D eigenvalue weighted by molar-refractivity contribution is -0.144. The molecule has 0 aliphatic heterocycles. The van der Waals surface area contributed by atoms with Gasteiger partial charge in [0.2, 0.25) is 5.91 Å². The smallest absolute Gasteiger partial charge is 0.308 e. The Balaban J connectivity index is 2.52. The van der Waals surface area contributed by atoms with E-state index in [0.29, 0.717) is 13.0 Å². The summed E-state index contributed by atoms with van der Waals surface area (Å²) in [7, 11) is 1.80. The minimum absolute atomic E-state index is 0.0579. The average Bonchev–Trinajstić information content (AvgIpc) is 2.29. The van der Waals surface area contributed by atoms with E-state index in [-0.39, 0.29) is 17.9 Å². The summed E-state index contributed by atoms with van der Waals surface area (Å²) in [6.45, 7) is 2.45. The first-order chi connectivity index (χ1) is 8.06. The summed E-state index contributed by atoms with van der Waals surface area (Å²) in [6.07, 6.45) is 3.38. The normalized spacial score (nSPS) is 26.2. The first-order valence-corrected chi connectivity index (χ1v) is 6.24. The highest BCUT2D eigenvalue weighted by Crippen LogP contribution is 2.24. The molecule has 0 radical (unpaired) electrons. The molecular formula is C12H22N2O3. The molecule has 0 aromatic carbocycles. The van der Waals surface area contributed by atoms with Crippen LogP contribution in [-0.2, 0) is 9.59 Å². The lowest BCUT2D eigenvalue weighted by Gasteiger charge is -2.30. The predicted octanol–water partition coefficient (Wildman–Crippen LogP) is 0.601. The molecule has 5 nitrogen and oxygen atoms in total. The van der Waals surface area contributed by atoms with Crippen molar-refractivity contribution in [2.75, 3.05) is 13.6 Å². The minimum Gasteiger partial charge on any atom is -0.481 e. The Bertz CT molecular complexity index is 281. The van der Waals surface area contributed by atoms with Gasteiger partial charge in [-0.1, -0.05) is 19.8 Å². The molecule has 0 bridgehead atoms. The van der Waals surface area contributed by atoms with Crippen molar-refractivity contribution in [1.29, 1.82) is 0 Å². The van der Waals surface area contributed by atoms with Crippen molar-refractivity contribution in [3.63, 3.8) is 0 Å². The van der Waals surface area contributed by atoms with Crippen molar-refractivity contribution in [1.82, 2.24) is 10.6 Å². The van der Waals surface area contributed by atoms with Crippen LogP contribution in [0.3, 0.4) is 0 Å². The number of carboxylic acid groups (broad SMARTS) is 1. The number of nitrogens with one attached hydrogen (secondary N) is 2. The first-order valence-electron chi connectivity index (χ1n) is 6.24. The number of hydrogen-bond acceptors (Lipinski definition) is 3. The van der Waals surface area contributed by atoms with E-state index in [4.69, 9.17) is 5.11 Å². The van der Waals surface area contributed by atoms with Gasteiger partial charge in [-0.25, -0.2) is 0 Å². The summed E-state index contributed by atoms with van der Waals surface area (Å²) in [5, 5.41) is 14.9. The van der Waals surface area contributed by atoms with Gasteiger partial charge >= 0.3 is 5.97 Å². The number of rotatable bonds is 5. The molecule has 1 rings (SSSR count). The Labute approximate surface area is 102 Å². The molecule has 1 saturated carbocycles. The Kier molecular flexibility index (Phi) is 5.41. The maximum absolute atomic E-state index is 11.8. The highest BCUT2D eigenvalue weighted by Gasteiger charge is 2.32. The molecule has 5 heteroatoms. The van der Waals surface area contributed by atoms with E-state index in [1.54, 1.807) is 7.05 Å². The summed E-state index contributed by atoms with van der Waals surface area (Å²) >= 11 is 0. The van der Waals surface area contributed by atoms with Crippen molar-refractivity contribution in [3.05, 3.63) is 0 Å². The highest BCUT2D eigenvalue weighted by molar-refractivity contribution is 5.80. The van der Waals surface area contributed by atoms with Gasteiger partial charge in [-0.2, -0.15) is 0 Å². The van der Waals surface area contributed by atoms with Crippen molar-refractivity contribution in [2.24, 2.45) is 11.8 Å². The molecular weight excluding hydrogens is 220 g/mol.